The van der Waals surface area contributed by atoms with Crippen LogP contribution in [0.25, 0.3) is 0 Å². The lowest BCUT2D eigenvalue weighted by molar-refractivity contribution is 0.0914. The van der Waals surface area contributed by atoms with Crippen LogP contribution in [0.5, 0.6) is 0 Å². The normalized spacial score (nSPS) is 15.6. The van der Waals surface area contributed by atoms with Crippen LogP contribution < -0.4 is 16.4 Å². The molecule has 0 heterocycles. The van der Waals surface area contributed by atoms with Crippen molar-refractivity contribution < 1.29 is 14.0 Å². The Morgan fingerprint density at radius 3 is 2.52 bits per heavy atom. The number of benzene rings is 2. The monoisotopic (exact) mass is 397 g/mol. The minimum absolute atomic E-state index is 0.0396. The molecule has 0 spiro atoms. The summed E-state index contributed by atoms with van der Waals surface area (Å²) in [6, 6.07) is 10.9. The van der Waals surface area contributed by atoms with Crippen molar-refractivity contribution in [2.45, 2.75) is 45.1 Å². The topological polar surface area (TPSA) is 84.2 Å². The van der Waals surface area contributed by atoms with Crippen LogP contribution in [-0.4, -0.2) is 24.4 Å². The number of anilines is 1. The van der Waals surface area contributed by atoms with Crippen molar-refractivity contribution in [1.82, 2.24) is 5.32 Å². The zero-order valence-corrected chi connectivity index (χ0v) is 16.7. The van der Waals surface area contributed by atoms with Crippen molar-refractivity contribution >= 4 is 17.5 Å². The molecular formula is C23H28FN3O2. The molecule has 3 rings (SSSR count). The third-order valence-corrected chi connectivity index (χ3v) is 5.66. The number of carbonyl (C=O) groups excluding carboxylic acids is 2. The number of carbonyl (C=O) groups is 2. The predicted molar refractivity (Wildman–Crippen MR) is 112 cm³/mol. The Morgan fingerprint density at radius 2 is 1.83 bits per heavy atom. The fraction of sp³-hybridized carbons (Fsp3) is 0.391. The molecule has 0 radical (unpaired) electrons. The van der Waals surface area contributed by atoms with Gasteiger partial charge >= 0.3 is 0 Å². The molecule has 0 bridgehead atoms. The van der Waals surface area contributed by atoms with Gasteiger partial charge in [-0.1, -0.05) is 37.5 Å². The van der Waals surface area contributed by atoms with E-state index < -0.39 is 11.7 Å². The molecule has 2 amide bonds. The summed E-state index contributed by atoms with van der Waals surface area (Å²) in [5.41, 5.74) is 7.59. The van der Waals surface area contributed by atoms with Crippen LogP contribution >= 0.6 is 0 Å². The van der Waals surface area contributed by atoms with Crippen LogP contribution in [0.3, 0.4) is 0 Å². The van der Waals surface area contributed by atoms with Gasteiger partial charge in [-0.3, -0.25) is 9.59 Å². The molecule has 1 aliphatic rings. The first-order valence-corrected chi connectivity index (χ1v) is 10.2. The van der Waals surface area contributed by atoms with Gasteiger partial charge in [0.25, 0.3) is 11.8 Å². The number of aryl methyl sites for hydroxylation is 1. The predicted octanol–water partition coefficient (Wildman–Crippen LogP) is 4.02. The SMILES string of the molecule is Cc1ccc(C(=O)NC(CN)C2CCCCC2)cc1NC(=O)c1ccccc1F. The second-order valence-electron chi connectivity index (χ2n) is 7.68. The molecule has 1 aliphatic carbocycles. The summed E-state index contributed by atoms with van der Waals surface area (Å²) < 4.78 is 13.9. The van der Waals surface area contributed by atoms with Gasteiger partial charge in [0, 0.05) is 23.8 Å². The van der Waals surface area contributed by atoms with Gasteiger partial charge in [0.2, 0.25) is 0 Å². The summed E-state index contributed by atoms with van der Waals surface area (Å²) in [7, 11) is 0. The molecule has 5 nitrogen and oxygen atoms in total. The van der Waals surface area contributed by atoms with Crippen molar-refractivity contribution in [3.8, 4) is 0 Å². The number of amides is 2. The van der Waals surface area contributed by atoms with Gasteiger partial charge < -0.3 is 16.4 Å². The highest BCUT2D eigenvalue weighted by Crippen LogP contribution is 2.26. The summed E-state index contributed by atoms with van der Waals surface area (Å²) in [6.45, 7) is 2.22. The van der Waals surface area contributed by atoms with Gasteiger partial charge in [-0.25, -0.2) is 4.39 Å². The average Bonchev–Trinajstić information content (AvgIpc) is 2.74. The second kappa shape index (κ2) is 9.65. The summed E-state index contributed by atoms with van der Waals surface area (Å²) in [5, 5.41) is 5.77. The molecule has 1 fully saturated rings. The van der Waals surface area contributed by atoms with Gasteiger partial charge in [-0.05, 0) is 55.5 Å². The molecule has 2 aromatic rings. The third kappa shape index (κ3) is 5.21. The molecule has 0 aliphatic heterocycles. The number of halogens is 1. The summed E-state index contributed by atoms with van der Waals surface area (Å²) in [5.74, 6) is -0.948. The molecule has 4 N–H and O–H groups in total. The van der Waals surface area contributed by atoms with E-state index in [0.29, 0.717) is 23.7 Å². The van der Waals surface area contributed by atoms with E-state index in [-0.39, 0.29) is 17.5 Å². The summed E-state index contributed by atoms with van der Waals surface area (Å²) in [6.07, 6.45) is 5.76. The van der Waals surface area contributed by atoms with Gasteiger partial charge in [0.1, 0.15) is 5.82 Å². The van der Waals surface area contributed by atoms with Crippen molar-refractivity contribution in [1.29, 1.82) is 0 Å². The number of nitrogens with two attached hydrogens (primary N) is 1. The Bertz CT molecular complexity index is 878. The van der Waals surface area contributed by atoms with E-state index >= 15 is 0 Å². The van der Waals surface area contributed by atoms with Crippen molar-refractivity contribution in [3.05, 3.63) is 65.0 Å². The van der Waals surface area contributed by atoms with Crippen LogP contribution in [0, 0.1) is 18.7 Å². The molecule has 2 aromatic carbocycles. The first-order chi connectivity index (χ1) is 14.0. The van der Waals surface area contributed by atoms with Gasteiger partial charge in [-0.15, -0.1) is 0 Å². The molecule has 1 saturated carbocycles. The number of rotatable bonds is 6. The number of nitrogens with one attached hydrogen (secondary N) is 2. The largest absolute Gasteiger partial charge is 0.348 e. The molecule has 0 saturated heterocycles. The van der Waals surface area contributed by atoms with Crippen LogP contribution in [-0.2, 0) is 0 Å². The van der Waals surface area contributed by atoms with E-state index in [1.165, 1.54) is 37.5 Å². The van der Waals surface area contributed by atoms with E-state index in [0.717, 1.165) is 18.4 Å². The Kier molecular flexibility index (Phi) is 6.99. The molecule has 1 unspecified atom stereocenters. The zero-order chi connectivity index (χ0) is 20.8. The molecule has 29 heavy (non-hydrogen) atoms. The minimum atomic E-state index is -0.588. The fourth-order valence-corrected chi connectivity index (χ4v) is 3.89. The molecular weight excluding hydrogens is 369 g/mol. The van der Waals surface area contributed by atoms with Gasteiger partial charge in [0.15, 0.2) is 0 Å². The van der Waals surface area contributed by atoms with E-state index in [2.05, 4.69) is 10.6 Å². The van der Waals surface area contributed by atoms with Crippen LogP contribution in [0.2, 0.25) is 0 Å². The third-order valence-electron chi connectivity index (χ3n) is 5.66. The lowest BCUT2D eigenvalue weighted by atomic mass is 9.84. The highest BCUT2D eigenvalue weighted by atomic mass is 19.1. The number of hydrogen-bond acceptors (Lipinski definition) is 3. The lowest BCUT2D eigenvalue weighted by Crippen LogP contribution is -2.45. The molecule has 154 valence electrons. The first-order valence-electron chi connectivity index (χ1n) is 10.2. The number of hydrogen-bond donors (Lipinski definition) is 3. The second-order valence-corrected chi connectivity index (χ2v) is 7.68. The van der Waals surface area contributed by atoms with Gasteiger partial charge in [-0.2, -0.15) is 0 Å². The maximum atomic E-state index is 13.9. The quantitative estimate of drug-likeness (QED) is 0.688. The Morgan fingerprint density at radius 1 is 1.10 bits per heavy atom. The molecule has 0 aromatic heterocycles. The van der Waals surface area contributed by atoms with Crippen molar-refractivity contribution in [2.75, 3.05) is 11.9 Å². The molecule has 1 atom stereocenters. The lowest BCUT2D eigenvalue weighted by Gasteiger charge is -2.30. The Labute approximate surface area is 170 Å². The highest BCUT2D eigenvalue weighted by molar-refractivity contribution is 6.05. The maximum absolute atomic E-state index is 13.9. The Balaban J connectivity index is 1.73. The Hall–Kier alpha value is -2.73. The summed E-state index contributed by atoms with van der Waals surface area (Å²) in [4.78, 5) is 25.2. The molecule has 6 heteroatoms. The minimum Gasteiger partial charge on any atom is -0.348 e. The maximum Gasteiger partial charge on any atom is 0.258 e. The highest BCUT2D eigenvalue weighted by Gasteiger charge is 2.24. The van der Waals surface area contributed by atoms with Crippen molar-refractivity contribution in [2.24, 2.45) is 11.7 Å². The average molecular weight is 397 g/mol. The van der Waals surface area contributed by atoms with Crippen molar-refractivity contribution in [3.63, 3.8) is 0 Å². The van der Waals surface area contributed by atoms with Crippen LogP contribution in [0.15, 0.2) is 42.5 Å². The van der Waals surface area contributed by atoms with Crippen LogP contribution in [0.1, 0.15) is 58.4 Å². The first kappa shape index (κ1) is 21.0. The summed E-state index contributed by atoms with van der Waals surface area (Å²) >= 11 is 0. The van der Waals surface area contributed by atoms with E-state index in [1.54, 1.807) is 24.3 Å². The van der Waals surface area contributed by atoms with Crippen LogP contribution in [0.4, 0.5) is 10.1 Å². The zero-order valence-electron chi connectivity index (χ0n) is 16.7. The fourth-order valence-electron chi connectivity index (χ4n) is 3.89. The van der Waals surface area contributed by atoms with E-state index in [9.17, 15) is 14.0 Å². The standard InChI is InChI=1S/C23H28FN3O2/c1-15-11-12-17(22(28)27-21(14-25)16-7-3-2-4-8-16)13-20(15)26-23(29)18-9-5-6-10-19(18)24/h5-6,9-13,16,21H,2-4,7-8,14,25H2,1H3,(H,26,29)(H,27,28). The van der Waals surface area contributed by atoms with E-state index in [1.807, 2.05) is 6.92 Å². The van der Waals surface area contributed by atoms with E-state index in [4.69, 9.17) is 5.73 Å². The van der Waals surface area contributed by atoms with Gasteiger partial charge in [0.05, 0.1) is 5.56 Å². The smallest absolute Gasteiger partial charge is 0.258 e.